The summed E-state index contributed by atoms with van der Waals surface area (Å²) in [4.78, 5) is 20.7. The Hall–Kier alpha value is -10.9. The van der Waals surface area contributed by atoms with Crippen LogP contribution in [0.25, 0.3) is 95.0 Å². The molecule has 0 fully saturated rings. The van der Waals surface area contributed by atoms with E-state index in [2.05, 4.69) is 276 Å². The van der Waals surface area contributed by atoms with E-state index in [-0.39, 0.29) is 6.71 Å². The minimum Gasteiger partial charge on any atom is -0.311 e. The number of hydrogen-bond acceptors (Lipinski definition) is 5. The molecule has 388 valence electrons. The van der Waals surface area contributed by atoms with Crippen molar-refractivity contribution in [2.75, 3.05) is 9.80 Å². The summed E-state index contributed by atoms with van der Waals surface area (Å²) in [6.07, 6.45) is 0. The van der Waals surface area contributed by atoms with Gasteiger partial charge in [0.1, 0.15) is 0 Å². The minimum absolute atomic E-state index is 0.0780. The van der Waals surface area contributed by atoms with E-state index in [1.807, 2.05) is 36.4 Å². The van der Waals surface area contributed by atoms with E-state index in [4.69, 9.17) is 15.0 Å². The van der Waals surface area contributed by atoms with Crippen LogP contribution in [0.4, 0.5) is 34.1 Å². The van der Waals surface area contributed by atoms with Crippen LogP contribution in [-0.2, 0) is 0 Å². The molecule has 0 unspecified atom stereocenters. The monoisotopic (exact) mass is 1060 g/mol. The zero-order valence-corrected chi connectivity index (χ0v) is 45.5. The molecule has 0 N–H and O–H groups in total. The summed E-state index contributed by atoms with van der Waals surface area (Å²) >= 11 is 0. The van der Waals surface area contributed by atoms with Gasteiger partial charge < -0.3 is 14.4 Å². The van der Waals surface area contributed by atoms with Gasteiger partial charge in [-0.15, -0.1) is 0 Å². The Kier molecular flexibility index (Phi) is 11.4. The molecule has 0 spiro atoms. The number of anilines is 6. The van der Waals surface area contributed by atoms with Gasteiger partial charge in [-0.3, -0.25) is 0 Å². The number of para-hydroxylation sites is 5. The van der Waals surface area contributed by atoms with Crippen LogP contribution in [-0.4, -0.2) is 26.2 Å². The smallest absolute Gasteiger partial charge is 0.252 e. The van der Waals surface area contributed by atoms with E-state index in [1.54, 1.807) is 0 Å². The summed E-state index contributed by atoms with van der Waals surface area (Å²) in [6, 6.07) is 105. The van der Waals surface area contributed by atoms with Crippen molar-refractivity contribution < 1.29 is 0 Å². The van der Waals surface area contributed by atoms with Crippen molar-refractivity contribution in [1.82, 2.24) is 19.5 Å². The molecular formula is C76H51BN6. The lowest BCUT2D eigenvalue weighted by Crippen LogP contribution is -2.61. The van der Waals surface area contributed by atoms with Gasteiger partial charge in [0.2, 0.25) is 0 Å². The van der Waals surface area contributed by atoms with Crippen molar-refractivity contribution in [2.24, 2.45) is 0 Å². The highest BCUT2D eigenvalue weighted by Gasteiger charge is 2.43. The lowest BCUT2D eigenvalue weighted by Gasteiger charge is -2.44. The molecule has 14 aromatic rings. The lowest BCUT2D eigenvalue weighted by molar-refractivity contribution is 1.06. The summed E-state index contributed by atoms with van der Waals surface area (Å²) in [5, 5.41) is 2.38. The molecule has 0 atom stereocenters. The molecule has 12 aromatic carbocycles. The van der Waals surface area contributed by atoms with Crippen molar-refractivity contribution in [1.29, 1.82) is 0 Å². The average Bonchev–Trinajstić information content (AvgIpc) is 1.57. The first-order valence-corrected chi connectivity index (χ1v) is 28.4. The number of benzene rings is 12. The van der Waals surface area contributed by atoms with Crippen LogP contribution < -0.4 is 26.2 Å². The molecule has 2 aromatic heterocycles. The molecule has 0 saturated heterocycles. The van der Waals surface area contributed by atoms with E-state index in [1.165, 1.54) is 55.5 Å². The van der Waals surface area contributed by atoms with E-state index in [9.17, 15) is 0 Å². The second kappa shape index (κ2) is 19.7. The molecule has 2 aliphatic rings. The van der Waals surface area contributed by atoms with Gasteiger partial charge in [-0.2, -0.15) is 0 Å². The van der Waals surface area contributed by atoms with Crippen LogP contribution in [0.2, 0.25) is 0 Å². The van der Waals surface area contributed by atoms with Crippen molar-refractivity contribution >= 4 is 79.0 Å². The third-order valence-corrected chi connectivity index (χ3v) is 16.7. The Morgan fingerprint density at radius 3 is 1.41 bits per heavy atom. The molecule has 0 saturated carbocycles. The zero-order chi connectivity index (χ0) is 55.0. The second-order valence-electron chi connectivity index (χ2n) is 21.6. The molecule has 0 radical (unpaired) electrons. The number of aryl methyl sites for hydroxylation is 1. The Morgan fingerprint density at radius 2 is 0.747 bits per heavy atom. The van der Waals surface area contributed by atoms with Gasteiger partial charge in [0.15, 0.2) is 17.5 Å². The average molecular weight is 1060 g/mol. The fourth-order valence-electron chi connectivity index (χ4n) is 13.0. The Balaban J connectivity index is 0.828. The standard InChI is InChI=1S/C76H51BN6/c1-50-44-45-67-63(46-50)61-34-11-14-39-66(61)83(67)73-60(35-20-36-62(73)76-79-74(51-22-5-2-6-23-51)78-75(80-76)52-24-7-3-8-25-52)57-30-18-28-55(48-57)53-26-17-27-54(47-53)56-29-19-33-59(49-56)82-69-41-16-13-38-65(69)77-64-37-12-15-40-68(64)81(58-31-9-4-10-32-58)70-42-21-43-71(82)72(70)77/h2-49H,1H3. The molecule has 4 heterocycles. The number of rotatable bonds is 9. The van der Waals surface area contributed by atoms with Crippen LogP contribution in [0.15, 0.2) is 291 Å². The summed E-state index contributed by atoms with van der Waals surface area (Å²) in [5.74, 6) is 1.83. The first kappa shape index (κ1) is 48.1. The Bertz CT molecular complexity index is 4790. The fourth-order valence-corrected chi connectivity index (χ4v) is 13.0. The van der Waals surface area contributed by atoms with E-state index >= 15 is 0 Å². The van der Waals surface area contributed by atoms with Gasteiger partial charge in [-0.1, -0.05) is 212 Å². The maximum Gasteiger partial charge on any atom is 0.252 e. The summed E-state index contributed by atoms with van der Waals surface area (Å²) < 4.78 is 2.42. The van der Waals surface area contributed by atoms with E-state index in [0.717, 1.165) is 78.2 Å². The first-order chi connectivity index (χ1) is 41.1. The van der Waals surface area contributed by atoms with Gasteiger partial charge in [-0.05, 0) is 136 Å². The quantitative estimate of drug-likeness (QED) is 0.135. The van der Waals surface area contributed by atoms with Crippen LogP contribution in [0.5, 0.6) is 0 Å². The third kappa shape index (κ3) is 8.07. The van der Waals surface area contributed by atoms with E-state index in [0.29, 0.717) is 17.5 Å². The maximum atomic E-state index is 5.34. The highest BCUT2D eigenvalue weighted by Crippen LogP contribution is 2.46. The Labute approximate surface area is 482 Å². The van der Waals surface area contributed by atoms with Gasteiger partial charge in [0.25, 0.3) is 6.71 Å². The molecule has 16 rings (SSSR count). The second-order valence-corrected chi connectivity index (χ2v) is 21.6. The zero-order valence-electron chi connectivity index (χ0n) is 45.5. The summed E-state index contributed by atoms with van der Waals surface area (Å²) in [7, 11) is 0. The van der Waals surface area contributed by atoms with Gasteiger partial charge in [-0.25, -0.2) is 15.0 Å². The maximum absolute atomic E-state index is 5.34. The largest absolute Gasteiger partial charge is 0.311 e. The van der Waals surface area contributed by atoms with Crippen molar-refractivity contribution in [3.05, 3.63) is 297 Å². The molecular weight excluding hydrogens is 1010 g/mol. The normalized spacial score (nSPS) is 12.3. The molecule has 83 heavy (non-hydrogen) atoms. The lowest BCUT2D eigenvalue weighted by atomic mass is 9.33. The summed E-state index contributed by atoms with van der Waals surface area (Å²) in [5.41, 5.74) is 24.8. The number of fused-ring (bicyclic) bond motifs is 7. The van der Waals surface area contributed by atoms with Crippen molar-refractivity contribution in [3.8, 4) is 73.2 Å². The number of hydrogen-bond donors (Lipinski definition) is 0. The van der Waals surface area contributed by atoms with Gasteiger partial charge in [0, 0.05) is 67.2 Å². The molecule has 0 amide bonds. The molecule has 0 aliphatic carbocycles. The molecule has 0 bridgehead atoms. The highest BCUT2D eigenvalue weighted by molar-refractivity contribution is 7.00. The van der Waals surface area contributed by atoms with Crippen LogP contribution >= 0.6 is 0 Å². The molecule has 6 nitrogen and oxygen atoms in total. The fraction of sp³-hybridized carbons (Fsp3) is 0.0132. The predicted octanol–water partition coefficient (Wildman–Crippen LogP) is 17.4. The SMILES string of the molecule is Cc1ccc2c(c1)c1ccccc1n2-c1c(-c2cccc(-c3cccc(-c4cccc(N5c6ccccc6B6c7ccccc7N(c7ccccc7)c7cccc5c76)c4)c3)c2)cccc1-c1nc(-c2ccccc2)nc(-c2ccccc2)n1. The van der Waals surface area contributed by atoms with Crippen LogP contribution in [0.1, 0.15) is 5.56 Å². The van der Waals surface area contributed by atoms with Gasteiger partial charge >= 0.3 is 0 Å². The predicted molar refractivity (Wildman–Crippen MR) is 346 cm³/mol. The van der Waals surface area contributed by atoms with Crippen molar-refractivity contribution in [2.45, 2.75) is 6.92 Å². The first-order valence-electron chi connectivity index (χ1n) is 28.4. The molecule has 2 aliphatic heterocycles. The van der Waals surface area contributed by atoms with Crippen molar-refractivity contribution in [3.63, 3.8) is 0 Å². The Morgan fingerprint density at radius 1 is 0.301 bits per heavy atom. The minimum atomic E-state index is 0.0780. The number of nitrogens with zero attached hydrogens (tertiary/aromatic N) is 6. The van der Waals surface area contributed by atoms with Gasteiger partial charge in [0.05, 0.1) is 16.7 Å². The third-order valence-electron chi connectivity index (χ3n) is 16.7. The van der Waals surface area contributed by atoms with E-state index < -0.39 is 0 Å². The highest BCUT2D eigenvalue weighted by atomic mass is 15.2. The topological polar surface area (TPSA) is 50.1 Å². The molecule has 7 heteroatoms. The van der Waals surface area contributed by atoms with Crippen LogP contribution in [0.3, 0.4) is 0 Å². The summed E-state index contributed by atoms with van der Waals surface area (Å²) in [6.45, 7) is 2.24. The number of aromatic nitrogens is 4. The van der Waals surface area contributed by atoms with Crippen LogP contribution in [0, 0.1) is 6.92 Å².